The van der Waals surface area contributed by atoms with Crippen molar-refractivity contribution in [2.24, 2.45) is 7.05 Å². The first-order valence-corrected chi connectivity index (χ1v) is 8.39. The molecule has 0 atom stereocenters. The lowest BCUT2D eigenvalue weighted by Crippen LogP contribution is -1.95. The summed E-state index contributed by atoms with van der Waals surface area (Å²) in [6.45, 7) is 6.17. The molecule has 112 valence electrons. The second-order valence-corrected chi connectivity index (χ2v) is 7.28. The van der Waals surface area contributed by atoms with Crippen LogP contribution in [0.4, 0.5) is 0 Å². The van der Waals surface area contributed by atoms with Gasteiger partial charge in [-0.25, -0.2) is 14.5 Å². The van der Waals surface area contributed by atoms with Crippen molar-refractivity contribution in [3.63, 3.8) is 0 Å². The van der Waals surface area contributed by atoms with Crippen LogP contribution in [0.15, 0.2) is 10.8 Å². The van der Waals surface area contributed by atoms with Gasteiger partial charge in [0.05, 0.1) is 15.6 Å². The lowest BCUT2D eigenvalue weighted by molar-refractivity contribution is 0.758. The largest absolute Gasteiger partial charge is 0.263 e. The summed E-state index contributed by atoms with van der Waals surface area (Å²) < 4.78 is 4.46. The van der Waals surface area contributed by atoms with Crippen LogP contribution in [-0.4, -0.2) is 29.4 Å². The Morgan fingerprint density at radius 3 is 2.64 bits per heavy atom. The van der Waals surface area contributed by atoms with Crippen LogP contribution in [0.3, 0.4) is 0 Å². The summed E-state index contributed by atoms with van der Waals surface area (Å²) in [4.78, 5) is 11.5. The zero-order chi connectivity index (χ0) is 15.6. The Kier molecular flexibility index (Phi) is 2.89. The van der Waals surface area contributed by atoms with E-state index >= 15 is 0 Å². The Hall–Kier alpha value is -1.80. The highest BCUT2D eigenvalue weighted by molar-refractivity contribution is 9.10. The van der Waals surface area contributed by atoms with Gasteiger partial charge in [0.2, 0.25) is 5.82 Å². The lowest BCUT2D eigenvalue weighted by Gasteiger charge is -1.95. The van der Waals surface area contributed by atoms with Gasteiger partial charge in [-0.2, -0.15) is 5.10 Å². The SMILES string of the molecule is Cc1nn(C)c(-c2nc3c4c(C)c(C)sc4ncn3n2)c1Br. The van der Waals surface area contributed by atoms with Gasteiger partial charge in [-0.1, -0.05) is 0 Å². The van der Waals surface area contributed by atoms with Gasteiger partial charge < -0.3 is 0 Å². The summed E-state index contributed by atoms with van der Waals surface area (Å²) in [5, 5.41) is 10.1. The molecule has 0 radical (unpaired) electrons. The normalized spacial score (nSPS) is 11.9. The summed E-state index contributed by atoms with van der Waals surface area (Å²) in [6, 6.07) is 0. The number of hydrogen-bond donors (Lipinski definition) is 0. The quantitative estimate of drug-likeness (QED) is 0.510. The predicted octanol–water partition coefficient (Wildman–Crippen LogP) is 3.43. The van der Waals surface area contributed by atoms with Gasteiger partial charge in [-0.05, 0) is 42.3 Å². The molecule has 0 aliphatic carbocycles. The molecule has 6 nitrogen and oxygen atoms in total. The molecular formula is C14H13BrN6S. The highest BCUT2D eigenvalue weighted by atomic mass is 79.9. The van der Waals surface area contributed by atoms with Gasteiger partial charge in [-0.3, -0.25) is 4.68 Å². The van der Waals surface area contributed by atoms with E-state index in [1.165, 1.54) is 10.4 Å². The third-order valence-corrected chi connectivity index (χ3v) is 5.93. The highest BCUT2D eigenvalue weighted by Gasteiger charge is 2.20. The van der Waals surface area contributed by atoms with E-state index in [2.05, 4.69) is 45.0 Å². The lowest BCUT2D eigenvalue weighted by atomic mass is 10.2. The van der Waals surface area contributed by atoms with Crippen LogP contribution in [0.5, 0.6) is 0 Å². The van der Waals surface area contributed by atoms with Crippen molar-refractivity contribution < 1.29 is 0 Å². The first-order chi connectivity index (χ1) is 10.5. The molecule has 0 bridgehead atoms. The van der Waals surface area contributed by atoms with Crippen molar-refractivity contribution in [2.45, 2.75) is 20.8 Å². The van der Waals surface area contributed by atoms with Gasteiger partial charge >= 0.3 is 0 Å². The summed E-state index contributed by atoms with van der Waals surface area (Å²) in [6.07, 6.45) is 1.72. The Bertz CT molecular complexity index is 1040. The van der Waals surface area contributed by atoms with E-state index in [0.717, 1.165) is 31.7 Å². The maximum atomic E-state index is 4.75. The minimum absolute atomic E-state index is 0.646. The number of hydrogen-bond acceptors (Lipinski definition) is 5. The first kappa shape index (κ1) is 13.8. The third-order valence-electron chi connectivity index (χ3n) is 3.87. The zero-order valence-corrected chi connectivity index (χ0v) is 14.9. The topological polar surface area (TPSA) is 60.9 Å². The van der Waals surface area contributed by atoms with Crippen LogP contribution in [0.25, 0.3) is 27.4 Å². The number of aryl methyl sites for hydroxylation is 4. The summed E-state index contributed by atoms with van der Waals surface area (Å²) in [5.74, 6) is 0.646. The number of rotatable bonds is 1. The Labute approximate surface area is 138 Å². The van der Waals surface area contributed by atoms with Gasteiger partial charge in [0, 0.05) is 11.9 Å². The van der Waals surface area contributed by atoms with Gasteiger partial charge in [0.15, 0.2) is 5.65 Å². The molecule has 0 aliphatic heterocycles. The number of aromatic nitrogens is 6. The average molecular weight is 377 g/mol. The van der Waals surface area contributed by atoms with E-state index < -0.39 is 0 Å². The molecule has 4 aromatic rings. The minimum Gasteiger partial charge on any atom is -0.263 e. The minimum atomic E-state index is 0.646. The smallest absolute Gasteiger partial charge is 0.201 e. The summed E-state index contributed by atoms with van der Waals surface area (Å²) >= 11 is 5.27. The van der Waals surface area contributed by atoms with Crippen LogP contribution < -0.4 is 0 Å². The van der Waals surface area contributed by atoms with E-state index in [1.807, 2.05) is 14.0 Å². The Balaban J connectivity index is 2.07. The van der Waals surface area contributed by atoms with Crippen LogP contribution >= 0.6 is 27.3 Å². The van der Waals surface area contributed by atoms with Crippen molar-refractivity contribution >= 4 is 43.1 Å². The Morgan fingerprint density at radius 2 is 1.95 bits per heavy atom. The maximum Gasteiger partial charge on any atom is 0.201 e. The van der Waals surface area contributed by atoms with Crippen LogP contribution in [-0.2, 0) is 7.05 Å². The molecule has 4 rings (SSSR count). The molecule has 22 heavy (non-hydrogen) atoms. The Morgan fingerprint density at radius 1 is 1.18 bits per heavy atom. The second-order valence-electron chi connectivity index (χ2n) is 5.28. The highest BCUT2D eigenvalue weighted by Crippen LogP contribution is 2.33. The molecule has 4 heterocycles. The van der Waals surface area contributed by atoms with Gasteiger partial charge in [0.25, 0.3) is 0 Å². The van der Waals surface area contributed by atoms with Crippen molar-refractivity contribution in [3.05, 3.63) is 26.9 Å². The molecule has 0 fully saturated rings. The number of thiophene rings is 1. The van der Waals surface area contributed by atoms with E-state index in [-0.39, 0.29) is 0 Å². The standard InChI is InChI=1S/C14H13BrN6S/c1-6-8(3)22-14-9(6)13-17-12(19-21(13)5-16-14)11-10(15)7(2)18-20(11)4/h5H,1-4H3. The molecule has 0 aliphatic rings. The van der Waals surface area contributed by atoms with Crippen molar-refractivity contribution in [1.82, 2.24) is 29.4 Å². The number of nitrogens with zero attached hydrogens (tertiary/aromatic N) is 6. The first-order valence-electron chi connectivity index (χ1n) is 6.78. The molecule has 0 saturated heterocycles. The van der Waals surface area contributed by atoms with E-state index in [4.69, 9.17) is 4.98 Å². The summed E-state index contributed by atoms with van der Waals surface area (Å²) in [7, 11) is 1.90. The third kappa shape index (κ3) is 1.77. The van der Waals surface area contributed by atoms with Crippen molar-refractivity contribution in [2.75, 3.05) is 0 Å². The zero-order valence-electron chi connectivity index (χ0n) is 12.5. The molecule has 0 saturated carbocycles. The monoisotopic (exact) mass is 376 g/mol. The van der Waals surface area contributed by atoms with Crippen molar-refractivity contribution in [1.29, 1.82) is 0 Å². The predicted molar refractivity (Wildman–Crippen MR) is 90.3 cm³/mol. The van der Waals surface area contributed by atoms with Crippen LogP contribution in [0, 0.1) is 20.8 Å². The fraction of sp³-hybridized carbons (Fsp3) is 0.286. The molecule has 0 amide bonds. The fourth-order valence-corrected chi connectivity index (χ4v) is 4.12. The van der Waals surface area contributed by atoms with Gasteiger partial charge in [0.1, 0.15) is 16.9 Å². The van der Waals surface area contributed by atoms with E-state index in [1.54, 1.807) is 26.9 Å². The number of fused-ring (bicyclic) bond motifs is 3. The molecule has 0 N–H and O–H groups in total. The molecule has 0 aromatic carbocycles. The second kappa shape index (κ2) is 4.60. The maximum absolute atomic E-state index is 4.75. The van der Waals surface area contributed by atoms with Crippen LogP contribution in [0.1, 0.15) is 16.1 Å². The van der Waals surface area contributed by atoms with E-state index in [9.17, 15) is 0 Å². The number of halogens is 1. The molecule has 4 aromatic heterocycles. The molecule has 8 heteroatoms. The molecular weight excluding hydrogens is 364 g/mol. The average Bonchev–Trinajstić information content (AvgIpc) is 3.07. The van der Waals surface area contributed by atoms with Gasteiger partial charge in [-0.15, -0.1) is 16.4 Å². The van der Waals surface area contributed by atoms with Crippen LogP contribution in [0.2, 0.25) is 0 Å². The fourth-order valence-electron chi connectivity index (χ4n) is 2.62. The molecule has 0 spiro atoms. The van der Waals surface area contributed by atoms with Crippen molar-refractivity contribution in [3.8, 4) is 11.5 Å². The summed E-state index contributed by atoms with van der Waals surface area (Å²) in [5.41, 5.74) is 3.85. The van der Waals surface area contributed by atoms with E-state index in [0.29, 0.717) is 5.82 Å². The molecule has 0 unspecified atom stereocenters.